The van der Waals surface area contributed by atoms with E-state index in [1.54, 1.807) is 53.6 Å². The number of pyridine rings is 1. The second-order valence-electron chi connectivity index (χ2n) is 19.1. The second-order valence-corrected chi connectivity index (χ2v) is 19.1. The summed E-state index contributed by atoms with van der Waals surface area (Å²) >= 11 is 0. The monoisotopic (exact) mass is 917 g/mol. The van der Waals surface area contributed by atoms with Crippen LogP contribution in [-0.2, 0) is 25.0 Å². The predicted molar refractivity (Wildman–Crippen MR) is 248 cm³/mol. The average molecular weight is 918 g/mol. The van der Waals surface area contributed by atoms with Crippen LogP contribution < -0.4 is 16.1 Å². The summed E-state index contributed by atoms with van der Waals surface area (Å²) in [7, 11) is 2.51. The number of nitrogens with one attached hydrogen (secondary N) is 4. The summed E-state index contributed by atoms with van der Waals surface area (Å²) in [4.78, 5) is 81.2. The number of alkyl halides is 2. The van der Waals surface area contributed by atoms with E-state index in [-0.39, 0.29) is 58.2 Å². The van der Waals surface area contributed by atoms with Crippen molar-refractivity contribution in [3.63, 3.8) is 0 Å². The maximum atomic E-state index is 16.7. The summed E-state index contributed by atoms with van der Waals surface area (Å²) < 4.78 is 43.0. The number of fused-ring (bicyclic) bond motifs is 5. The molecular weight excluding hydrogens is 861 g/mol. The standard InChI is InChI=1S/C51H57F2N7O7/c1-26(2)44(57-49(64)66-5)47(62)59-19-9-12-41(59)46-54-25-39(56-46)30-15-17-33-32-16-13-28(20-35(32)51(52,53)36(33)21-30)29-14-18-34-37(22-29)55-38(24-43(34)61)42-23-31-10-7-8-11-40(31)60(42)48(63)45(27(3)4)58-50(65)67-6/h13-18,20-22,24-27,31,40-42,44-45H,7-12,19,23H2,1-6H3,(H,54,56)(H,55,61)(H,57,64)(H,58,65)/t31-,40?,41-,42-,44-,45-/m0/s1. The predicted octanol–water partition coefficient (Wildman–Crippen LogP) is 8.96. The third-order valence-electron chi connectivity index (χ3n) is 14.4. The van der Waals surface area contributed by atoms with Crippen LogP contribution >= 0.6 is 0 Å². The van der Waals surface area contributed by atoms with Gasteiger partial charge in [0.25, 0.3) is 5.92 Å². The van der Waals surface area contributed by atoms with Crippen molar-refractivity contribution in [2.75, 3.05) is 20.8 Å². The van der Waals surface area contributed by atoms with Gasteiger partial charge in [0.05, 0.1) is 43.7 Å². The summed E-state index contributed by atoms with van der Waals surface area (Å²) in [5.74, 6) is -3.43. The Bertz CT molecular complexity index is 2820. The number of amides is 4. The molecule has 2 aliphatic heterocycles. The highest BCUT2D eigenvalue weighted by Crippen LogP contribution is 2.53. The fourth-order valence-corrected chi connectivity index (χ4v) is 11.0. The molecule has 0 spiro atoms. The molecule has 67 heavy (non-hydrogen) atoms. The number of hydrogen-bond acceptors (Lipinski definition) is 8. The number of alkyl carbamates (subject to hydrolysis) is 2. The van der Waals surface area contributed by atoms with E-state index in [2.05, 4.69) is 25.6 Å². The normalized spacial score (nSPS) is 21.5. The molecule has 4 heterocycles. The molecule has 2 saturated heterocycles. The molecule has 3 aromatic carbocycles. The summed E-state index contributed by atoms with van der Waals surface area (Å²) in [6, 6.07) is 14.4. The van der Waals surface area contributed by atoms with Gasteiger partial charge in [0.1, 0.15) is 17.9 Å². The zero-order valence-electron chi connectivity index (χ0n) is 38.6. The number of likely N-dealkylation sites (tertiary alicyclic amines) is 2. The molecule has 1 unspecified atom stereocenters. The van der Waals surface area contributed by atoms with Crippen molar-refractivity contribution in [2.45, 2.75) is 109 Å². The van der Waals surface area contributed by atoms with Crippen LogP contribution in [0, 0.1) is 17.8 Å². The van der Waals surface area contributed by atoms with E-state index in [0.717, 1.165) is 32.1 Å². The Hall–Kier alpha value is -6.58. The summed E-state index contributed by atoms with van der Waals surface area (Å²) in [6.45, 7) is 7.92. The minimum atomic E-state index is -3.34. The molecule has 0 bridgehead atoms. The third-order valence-corrected chi connectivity index (χ3v) is 14.4. The number of halogens is 2. The number of aromatic nitrogens is 3. The number of carbonyl (C=O) groups is 4. The molecule has 1 saturated carbocycles. The number of ether oxygens (including phenoxy) is 2. The summed E-state index contributed by atoms with van der Waals surface area (Å²) in [5, 5.41) is 5.82. The largest absolute Gasteiger partial charge is 0.453 e. The minimum Gasteiger partial charge on any atom is -0.453 e. The minimum absolute atomic E-state index is 0.0373. The maximum Gasteiger partial charge on any atom is 0.407 e. The number of carbonyl (C=O) groups excluding carboxylic acids is 4. The van der Waals surface area contributed by atoms with Crippen LogP contribution in [-0.4, -0.2) is 87.6 Å². The molecule has 6 atom stereocenters. The number of imidazole rings is 1. The van der Waals surface area contributed by atoms with Crippen LogP contribution in [0.4, 0.5) is 18.4 Å². The lowest BCUT2D eigenvalue weighted by Crippen LogP contribution is -2.53. The average Bonchev–Trinajstić information content (AvgIpc) is 4.13. The topological polar surface area (TPSA) is 179 Å². The number of benzene rings is 3. The van der Waals surface area contributed by atoms with E-state index in [1.807, 2.05) is 38.7 Å². The van der Waals surface area contributed by atoms with Crippen LogP contribution in [0.5, 0.6) is 0 Å². The van der Waals surface area contributed by atoms with Gasteiger partial charge in [-0.3, -0.25) is 14.4 Å². The molecule has 9 rings (SSSR count). The Morgan fingerprint density at radius 1 is 0.746 bits per heavy atom. The molecule has 2 aromatic heterocycles. The van der Waals surface area contributed by atoms with E-state index in [4.69, 9.17) is 9.47 Å². The van der Waals surface area contributed by atoms with Gasteiger partial charge in [0.15, 0.2) is 5.43 Å². The van der Waals surface area contributed by atoms with Gasteiger partial charge in [-0.15, -0.1) is 0 Å². The van der Waals surface area contributed by atoms with Crippen LogP contribution in [0.3, 0.4) is 0 Å². The van der Waals surface area contributed by atoms with Gasteiger partial charge in [-0.05, 0) is 96.4 Å². The molecule has 3 fully saturated rings. The molecule has 5 aromatic rings. The van der Waals surface area contributed by atoms with Gasteiger partial charge in [0, 0.05) is 46.4 Å². The SMILES string of the molecule is COC(=O)N[C@H](C(=O)N1CCC[C@H]1c1ncc(-c2ccc3c(c2)C(F)(F)c2cc(-c4ccc5c(=O)cc([C@@H]6C[C@@H]7CCCCC7N6C(=O)[C@@H](NC(=O)OC)C(C)C)[nH]c5c4)ccc2-3)[nH]1)C(C)C. The Morgan fingerprint density at radius 3 is 2.03 bits per heavy atom. The molecule has 4 aliphatic rings. The van der Waals surface area contributed by atoms with Crippen LogP contribution in [0.15, 0.2) is 71.7 Å². The van der Waals surface area contributed by atoms with Crippen molar-refractivity contribution < 1.29 is 37.4 Å². The quantitative estimate of drug-likeness (QED) is 0.107. The van der Waals surface area contributed by atoms with E-state index in [0.29, 0.717) is 75.3 Å². The number of aromatic amines is 2. The first kappa shape index (κ1) is 45.6. The van der Waals surface area contributed by atoms with Gasteiger partial charge in [0.2, 0.25) is 11.8 Å². The molecule has 16 heteroatoms. The highest BCUT2D eigenvalue weighted by atomic mass is 19.3. The van der Waals surface area contributed by atoms with E-state index in [9.17, 15) is 24.0 Å². The van der Waals surface area contributed by atoms with Crippen molar-refractivity contribution in [1.29, 1.82) is 0 Å². The van der Waals surface area contributed by atoms with Gasteiger partial charge in [-0.2, -0.15) is 8.78 Å². The van der Waals surface area contributed by atoms with Crippen molar-refractivity contribution in [3.05, 3.63) is 99.7 Å². The molecular formula is C51H57F2N7O7. The smallest absolute Gasteiger partial charge is 0.407 e. The summed E-state index contributed by atoms with van der Waals surface area (Å²) in [6.07, 6.45) is 6.10. The second kappa shape index (κ2) is 17.9. The van der Waals surface area contributed by atoms with Crippen LogP contribution in [0.1, 0.15) is 107 Å². The van der Waals surface area contributed by atoms with Crippen molar-refractivity contribution >= 4 is 34.9 Å². The lowest BCUT2D eigenvalue weighted by atomic mass is 9.84. The van der Waals surface area contributed by atoms with E-state index in [1.165, 1.54) is 26.4 Å². The number of nitrogens with zero attached hydrogens (tertiary/aromatic N) is 3. The Balaban J connectivity index is 0.985. The lowest BCUT2D eigenvalue weighted by Gasteiger charge is -2.37. The first-order chi connectivity index (χ1) is 32.1. The van der Waals surface area contributed by atoms with Crippen molar-refractivity contribution in [2.24, 2.45) is 17.8 Å². The molecule has 0 radical (unpaired) electrons. The molecule has 14 nitrogen and oxygen atoms in total. The highest BCUT2D eigenvalue weighted by Gasteiger charge is 2.48. The Labute approximate surface area is 387 Å². The fourth-order valence-electron chi connectivity index (χ4n) is 11.0. The van der Waals surface area contributed by atoms with Crippen LogP contribution in [0.2, 0.25) is 0 Å². The van der Waals surface area contributed by atoms with Gasteiger partial charge in [-0.1, -0.05) is 70.9 Å². The number of hydrogen-bond donors (Lipinski definition) is 4. The molecule has 352 valence electrons. The van der Waals surface area contributed by atoms with Crippen LogP contribution in [0.25, 0.3) is 44.4 Å². The zero-order valence-corrected chi connectivity index (χ0v) is 38.6. The van der Waals surface area contributed by atoms with E-state index < -0.39 is 36.2 Å². The first-order valence-electron chi connectivity index (χ1n) is 23.3. The summed E-state index contributed by atoms with van der Waals surface area (Å²) in [5.41, 5.74) is 3.71. The Morgan fingerprint density at radius 2 is 1.36 bits per heavy atom. The maximum absolute atomic E-state index is 16.7. The number of methoxy groups -OCH3 is 2. The van der Waals surface area contributed by atoms with Crippen molar-refractivity contribution in [1.82, 2.24) is 35.4 Å². The van der Waals surface area contributed by atoms with Gasteiger partial charge in [-0.25, -0.2) is 14.6 Å². The molecule has 2 aliphatic carbocycles. The van der Waals surface area contributed by atoms with Gasteiger partial charge < -0.3 is 39.9 Å². The number of H-pyrrole nitrogens is 2. The first-order valence-corrected chi connectivity index (χ1v) is 23.3. The number of rotatable bonds is 10. The fraction of sp³-hybridized carbons (Fsp3) is 0.451. The lowest BCUT2D eigenvalue weighted by molar-refractivity contribution is -0.138. The van der Waals surface area contributed by atoms with E-state index >= 15 is 8.78 Å². The molecule has 4 N–H and O–H groups in total. The highest BCUT2D eigenvalue weighted by molar-refractivity contribution is 5.90. The Kier molecular flexibility index (Phi) is 12.2. The molecule has 4 amide bonds. The third kappa shape index (κ3) is 8.22. The van der Waals surface area contributed by atoms with Gasteiger partial charge >= 0.3 is 12.2 Å². The van der Waals surface area contributed by atoms with Crippen molar-refractivity contribution in [3.8, 4) is 33.5 Å². The zero-order chi connectivity index (χ0) is 47.5.